The number of hydrogen-bond acceptors (Lipinski definition) is 4. The second-order valence-electron chi connectivity index (χ2n) is 6.68. The maximum absolute atomic E-state index is 12.3. The van der Waals surface area contributed by atoms with Gasteiger partial charge < -0.3 is 19.7 Å². The molecule has 6 nitrogen and oxygen atoms in total. The van der Waals surface area contributed by atoms with E-state index in [-0.39, 0.29) is 29.7 Å². The van der Waals surface area contributed by atoms with Gasteiger partial charge in [0.1, 0.15) is 0 Å². The Labute approximate surface area is 136 Å². The first kappa shape index (κ1) is 17.1. The molecule has 0 bridgehead atoms. The number of hydrogen-bond donors (Lipinski definition) is 1. The van der Waals surface area contributed by atoms with Crippen molar-refractivity contribution in [2.45, 2.75) is 32.7 Å². The molecule has 126 valence electrons. The number of benzene rings is 1. The van der Waals surface area contributed by atoms with E-state index < -0.39 is 0 Å². The lowest BCUT2D eigenvalue weighted by Gasteiger charge is -2.23. The van der Waals surface area contributed by atoms with Gasteiger partial charge in [-0.2, -0.15) is 0 Å². The first-order valence-corrected chi connectivity index (χ1v) is 7.59. The van der Waals surface area contributed by atoms with Gasteiger partial charge >= 0.3 is 0 Å². The van der Waals surface area contributed by atoms with Gasteiger partial charge in [-0.15, -0.1) is 0 Å². The molecule has 1 N–H and O–H groups in total. The maximum atomic E-state index is 12.3. The summed E-state index contributed by atoms with van der Waals surface area (Å²) in [6.45, 7) is 6.14. The molecule has 1 fully saturated rings. The average Bonchev–Trinajstić information content (AvgIpc) is 2.87. The highest BCUT2D eigenvalue weighted by Crippen LogP contribution is 2.34. The smallest absolute Gasteiger partial charge is 0.227 e. The van der Waals surface area contributed by atoms with Gasteiger partial charge in [0, 0.05) is 30.3 Å². The molecule has 1 saturated heterocycles. The number of carbonyl (C=O) groups is 2. The van der Waals surface area contributed by atoms with Crippen molar-refractivity contribution in [1.82, 2.24) is 5.32 Å². The fourth-order valence-electron chi connectivity index (χ4n) is 2.60. The van der Waals surface area contributed by atoms with E-state index in [1.165, 1.54) is 0 Å². The number of nitrogens with one attached hydrogen (secondary N) is 1. The molecule has 1 aliphatic rings. The Morgan fingerprint density at radius 2 is 1.87 bits per heavy atom. The van der Waals surface area contributed by atoms with Crippen LogP contribution in [-0.4, -0.2) is 38.1 Å². The van der Waals surface area contributed by atoms with Crippen molar-refractivity contribution < 1.29 is 19.1 Å². The number of methoxy groups -OCH3 is 2. The average molecular weight is 320 g/mol. The van der Waals surface area contributed by atoms with Crippen molar-refractivity contribution in [3.63, 3.8) is 0 Å². The number of carbonyl (C=O) groups excluding carboxylic acids is 2. The summed E-state index contributed by atoms with van der Waals surface area (Å²) < 4.78 is 10.5. The minimum atomic E-state index is -0.338. The molecule has 1 aromatic rings. The summed E-state index contributed by atoms with van der Waals surface area (Å²) in [6, 6.07) is 5.30. The van der Waals surface area contributed by atoms with Gasteiger partial charge in [0.15, 0.2) is 11.5 Å². The first-order valence-electron chi connectivity index (χ1n) is 7.59. The summed E-state index contributed by atoms with van der Waals surface area (Å²) in [5.41, 5.74) is 0.398. The molecule has 2 amide bonds. The maximum Gasteiger partial charge on any atom is 0.227 e. The SMILES string of the molecule is COc1ccc(N2C[C@H](C(=O)NC(C)(C)C)CC2=O)cc1OC. The fourth-order valence-corrected chi connectivity index (χ4v) is 2.60. The Kier molecular flexibility index (Phi) is 4.82. The van der Waals surface area contributed by atoms with Gasteiger partial charge in [-0.3, -0.25) is 9.59 Å². The van der Waals surface area contributed by atoms with Gasteiger partial charge in [-0.25, -0.2) is 0 Å². The highest BCUT2D eigenvalue weighted by Gasteiger charge is 2.36. The normalized spacial score (nSPS) is 18.0. The molecule has 6 heteroatoms. The van der Waals surface area contributed by atoms with Crippen LogP contribution >= 0.6 is 0 Å². The van der Waals surface area contributed by atoms with E-state index in [1.807, 2.05) is 20.8 Å². The summed E-state index contributed by atoms with van der Waals surface area (Å²) in [4.78, 5) is 26.2. The van der Waals surface area contributed by atoms with Crippen LogP contribution in [0.3, 0.4) is 0 Å². The third kappa shape index (κ3) is 3.94. The van der Waals surface area contributed by atoms with Crippen molar-refractivity contribution in [3.8, 4) is 11.5 Å². The van der Waals surface area contributed by atoms with Gasteiger partial charge in [-0.1, -0.05) is 0 Å². The lowest BCUT2D eigenvalue weighted by Crippen LogP contribution is -2.44. The van der Waals surface area contributed by atoms with Gasteiger partial charge in [-0.05, 0) is 32.9 Å². The molecular weight excluding hydrogens is 296 g/mol. The Morgan fingerprint density at radius 3 is 2.43 bits per heavy atom. The second-order valence-corrected chi connectivity index (χ2v) is 6.68. The zero-order valence-electron chi connectivity index (χ0n) is 14.3. The van der Waals surface area contributed by atoms with Crippen molar-refractivity contribution in [2.75, 3.05) is 25.7 Å². The summed E-state index contributed by atoms with van der Waals surface area (Å²) in [7, 11) is 3.11. The van der Waals surface area contributed by atoms with E-state index in [0.717, 1.165) is 0 Å². The van der Waals surface area contributed by atoms with Crippen LogP contribution in [0.2, 0.25) is 0 Å². The molecule has 1 aromatic carbocycles. The minimum absolute atomic E-state index is 0.0636. The van der Waals surface area contributed by atoms with Crippen molar-refractivity contribution in [1.29, 1.82) is 0 Å². The molecule has 0 saturated carbocycles. The highest BCUT2D eigenvalue weighted by molar-refractivity contribution is 6.00. The zero-order chi connectivity index (χ0) is 17.2. The third-order valence-corrected chi connectivity index (χ3v) is 3.67. The van der Waals surface area contributed by atoms with Crippen LogP contribution < -0.4 is 19.7 Å². The summed E-state index contributed by atoms with van der Waals surface area (Å²) in [5, 5.41) is 2.93. The summed E-state index contributed by atoms with van der Waals surface area (Å²) >= 11 is 0. The molecule has 0 unspecified atom stereocenters. The molecule has 1 heterocycles. The van der Waals surface area contributed by atoms with E-state index in [9.17, 15) is 9.59 Å². The van der Waals surface area contributed by atoms with E-state index in [1.54, 1.807) is 37.3 Å². The van der Waals surface area contributed by atoms with Crippen LogP contribution in [0, 0.1) is 5.92 Å². The predicted octanol–water partition coefficient (Wildman–Crippen LogP) is 1.97. The molecule has 0 aliphatic carbocycles. The van der Waals surface area contributed by atoms with Crippen LogP contribution in [-0.2, 0) is 9.59 Å². The van der Waals surface area contributed by atoms with E-state index in [0.29, 0.717) is 23.7 Å². The molecule has 0 radical (unpaired) electrons. The molecule has 1 atom stereocenters. The quantitative estimate of drug-likeness (QED) is 0.921. The monoisotopic (exact) mass is 320 g/mol. The van der Waals surface area contributed by atoms with Crippen LogP contribution in [0.4, 0.5) is 5.69 Å². The Morgan fingerprint density at radius 1 is 1.22 bits per heavy atom. The van der Waals surface area contributed by atoms with Gasteiger partial charge in [0.2, 0.25) is 11.8 Å². The predicted molar refractivity (Wildman–Crippen MR) is 87.9 cm³/mol. The lowest BCUT2D eigenvalue weighted by molar-refractivity contribution is -0.127. The molecule has 2 rings (SSSR count). The molecule has 23 heavy (non-hydrogen) atoms. The third-order valence-electron chi connectivity index (χ3n) is 3.67. The largest absolute Gasteiger partial charge is 0.493 e. The Hall–Kier alpha value is -2.24. The molecular formula is C17H24N2O4. The second kappa shape index (κ2) is 6.48. The molecule has 0 aromatic heterocycles. The van der Waals surface area contributed by atoms with Crippen LogP contribution in [0.25, 0.3) is 0 Å². The number of rotatable bonds is 4. The first-order chi connectivity index (χ1) is 10.7. The number of nitrogens with zero attached hydrogens (tertiary/aromatic N) is 1. The van der Waals surface area contributed by atoms with Gasteiger partial charge in [0.25, 0.3) is 0 Å². The minimum Gasteiger partial charge on any atom is -0.493 e. The highest BCUT2D eigenvalue weighted by atomic mass is 16.5. The van der Waals surface area contributed by atoms with E-state index in [2.05, 4.69) is 5.32 Å². The van der Waals surface area contributed by atoms with Crippen LogP contribution in [0.5, 0.6) is 11.5 Å². The van der Waals surface area contributed by atoms with Gasteiger partial charge in [0.05, 0.1) is 20.1 Å². The van der Waals surface area contributed by atoms with Crippen molar-refractivity contribution in [2.24, 2.45) is 5.92 Å². The number of ether oxygens (including phenoxy) is 2. The fraction of sp³-hybridized carbons (Fsp3) is 0.529. The summed E-state index contributed by atoms with van der Waals surface area (Å²) in [5.74, 6) is 0.667. The summed E-state index contributed by atoms with van der Waals surface area (Å²) in [6.07, 6.45) is 0.219. The molecule has 1 aliphatic heterocycles. The van der Waals surface area contributed by atoms with E-state index in [4.69, 9.17) is 9.47 Å². The Bertz CT molecular complexity index is 607. The topological polar surface area (TPSA) is 67.9 Å². The standard InChI is InChI=1S/C17H24N2O4/c1-17(2,3)18-16(21)11-8-15(20)19(10-11)12-6-7-13(22-4)14(9-12)23-5/h6-7,9,11H,8,10H2,1-5H3,(H,18,21)/t11-/m1/s1. The number of anilines is 1. The van der Waals surface area contributed by atoms with E-state index >= 15 is 0 Å². The van der Waals surface area contributed by atoms with Crippen molar-refractivity contribution >= 4 is 17.5 Å². The number of amides is 2. The van der Waals surface area contributed by atoms with Crippen molar-refractivity contribution in [3.05, 3.63) is 18.2 Å². The zero-order valence-corrected chi connectivity index (χ0v) is 14.3. The van der Waals surface area contributed by atoms with Crippen LogP contribution in [0.15, 0.2) is 18.2 Å². The molecule has 0 spiro atoms. The van der Waals surface area contributed by atoms with Crippen LogP contribution in [0.1, 0.15) is 27.2 Å². The lowest BCUT2D eigenvalue weighted by atomic mass is 10.0. The Balaban J connectivity index is 2.16.